The number of nitrogens with one attached hydrogen (secondary N) is 1. The molecule has 0 saturated heterocycles. The van der Waals surface area contributed by atoms with Crippen molar-refractivity contribution in [2.24, 2.45) is 0 Å². The van der Waals surface area contributed by atoms with Gasteiger partial charge in [-0.2, -0.15) is 5.26 Å². The average Bonchev–Trinajstić information content (AvgIpc) is 2.69. The molecule has 0 saturated carbocycles. The Hall–Kier alpha value is -4.12. The van der Waals surface area contributed by atoms with E-state index in [1.807, 2.05) is 39.0 Å². The van der Waals surface area contributed by atoms with Crippen molar-refractivity contribution in [3.8, 4) is 23.3 Å². The van der Waals surface area contributed by atoms with Gasteiger partial charge in [0.25, 0.3) is 5.91 Å². The lowest BCUT2D eigenvalue weighted by Gasteiger charge is -2.14. The maximum absolute atomic E-state index is 12.2. The number of fused-ring (bicyclic) bond motifs is 1. The predicted octanol–water partition coefficient (Wildman–Crippen LogP) is 3.34. The molecule has 3 rings (SSSR count). The summed E-state index contributed by atoms with van der Waals surface area (Å²) in [5.41, 5.74) is 2.49. The summed E-state index contributed by atoms with van der Waals surface area (Å²) in [6.07, 6.45) is 0. The Morgan fingerprint density at radius 3 is 2.40 bits per heavy atom. The Morgan fingerprint density at radius 2 is 1.80 bits per heavy atom. The number of ether oxygens (including phenoxy) is 1. The number of aromatic nitrogens is 1. The van der Waals surface area contributed by atoms with Crippen LogP contribution in [0.2, 0.25) is 0 Å². The van der Waals surface area contributed by atoms with Gasteiger partial charge in [-0.25, -0.2) is 4.98 Å². The van der Waals surface area contributed by atoms with Crippen LogP contribution < -0.4 is 10.1 Å². The smallest absolute Gasteiger partial charge is 0.322 e. The van der Waals surface area contributed by atoms with Gasteiger partial charge in [-0.05, 0) is 50.1 Å². The number of nitriles is 1. The van der Waals surface area contributed by atoms with Crippen molar-refractivity contribution in [1.82, 2.24) is 10.3 Å². The maximum Gasteiger partial charge on any atom is 0.322 e. The Labute approximate surface area is 172 Å². The number of aromatic hydroxyl groups is 1. The molecule has 8 nitrogen and oxygen atoms in total. The van der Waals surface area contributed by atoms with Crippen LogP contribution in [-0.4, -0.2) is 33.6 Å². The molecule has 0 aliphatic rings. The second-order valence-electron chi connectivity index (χ2n) is 6.88. The van der Waals surface area contributed by atoms with E-state index in [0.29, 0.717) is 16.9 Å². The fourth-order valence-electron chi connectivity index (χ4n) is 3.27. The molecule has 8 heteroatoms. The number of rotatable bonds is 5. The average molecular weight is 405 g/mol. The summed E-state index contributed by atoms with van der Waals surface area (Å²) in [6.45, 7) is 5.20. The molecule has 0 aliphatic heterocycles. The lowest BCUT2D eigenvalue weighted by molar-refractivity contribution is -0.135. The third-order valence-corrected chi connectivity index (χ3v) is 4.49. The molecule has 3 aromatic rings. The van der Waals surface area contributed by atoms with Gasteiger partial charge >= 0.3 is 5.97 Å². The quantitative estimate of drug-likeness (QED) is 0.593. The number of hydrogen-bond acceptors (Lipinski definition) is 6. The Balaban J connectivity index is 2.09. The van der Waals surface area contributed by atoms with Crippen LogP contribution in [0.15, 0.2) is 30.3 Å². The van der Waals surface area contributed by atoms with Gasteiger partial charge in [0, 0.05) is 10.8 Å². The summed E-state index contributed by atoms with van der Waals surface area (Å²) in [5, 5.41) is 31.4. The highest BCUT2D eigenvalue weighted by atomic mass is 16.5. The van der Waals surface area contributed by atoms with E-state index in [-0.39, 0.29) is 11.1 Å². The Bertz CT molecular complexity index is 1200. The molecule has 152 valence electrons. The molecule has 0 unspecified atom stereocenters. The van der Waals surface area contributed by atoms with Crippen LogP contribution in [0.3, 0.4) is 0 Å². The third kappa shape index (κ3) is 4.00. The summed E-state index contributed by atoms with van der Waals surface area (Å²) in [7, 11) is 0. The monoisotopic (exact) mass is 405 g/mol. The minimum Gasteiger partial charge on any atom is -0.505 e. The number of carbonyl (C=O) groups excluding carboxylic acids is 1. The molecule has 0 radical (unpaired) electrons. The second kappa shape index (κ2) is 8.09. The van der Waals surface area contributed by atoms with Gasteiger partial charge in [0.15, 0.2) is 11.4 Å². The number of nitrogens with zero attached hydrogens (tertiary/aromatic N) is 2. The first-order chi connectivity index (χ1) is 14.2. The summed E-state index contributed by atoms with van der Waals surface area (Å²) in [6, 6.07) is 10.6. The number of carbonyl (C=O) groups is 2. The number of amides is 1. The summed E-state index contributed by atoms with van der Waals surface area (Å²) in [4.78, 5) is 26.8. The van der Waals surface area contributed by atoms with E-state index < -0.39 is 29.9 Å². The van der Waals surface area contributed by atoms with E-state index in [1.165, 1.54) is 6.07 Å². The van der Waals surface area contributed by atoms with Crippen molar-refractivity contribution in [2.45, 2.75) is 20.8 Å². The number of pyridine rings is 1. The van der Waals surface area contributed by atoms with Crippen molar-refractivity contribution in [3.05, 3.63) is 58.4 Å². The predicted molar refractivity (Wildman–Crippen MR) is 109 cm³/mol. The third-order valence-electron chi connectivity index (χ3n) is 4.49. The first-order valence-electron chi connectivity index (χ1n) is 9.03. The zero-order chi connectivity index (χ0) is 22.0. The number of aliphatic carboxylic acids is 1. The van der Waals surface area contributed by atoms with Crippen LogP contribution in [0.1, 0.15) is 32.9 Å². The highest BCUT2D eigenvalue weighted by Crippen LogP contribution is 2.35. The molecule has 0 atom stereocenters. The van der Waals surface area contributed by atoms with Gasteiger partial charge in [-0.15, -0.1) is 0 Å². The van der Waals surface area contributed by atoms with Gasteiger partial charge in [-0.1, -0.05) is 17.7 Å². The Kier molecular flexibility index (Phi) is 5.56. The van der Waals surface area contributed by atoms with E-state index in [9.17, 15) is 20.0 Å². The van der Waals surface area contributed by atoms with Gasteiger partial charge in [-0.3, -0.25) is 9.59 Å². The second-order valence-corrected chi connectivity index (χ2v) is 6.88. The number of aryl methyl sites for hydroxylation is 3. The molecular formula is C22H19N3O5. The molecule has 1 amide bonds. The minimum atomic E-state index is -1.25. The van der Waals surface area contributed by atoms with Crippen LogP contribution >= 0.6 is 0 Å². The highest BCUT2D eigenvalue weighted by molar-refractivity contribution is 6.04. The van der Waals surface area contributed by atoms with Crippen LogP contribution in [-0.2, 0) is 4.79 Å². The lowest BCUT2D eigenvalue weighted by atomic mass is 10.1. The summed E-state index contributed by atoms with van der Waals surface area (Å²) >= 11 is 0. The zero-order valence-corrected chi connectivity index (χ0v) is 16.6. The molecular weight excluding hydrogens is 386 g/mol. The molecule has 0 fully saturated rings. The van der Waals surface area contributed by atoms with E-state index in [1.54, 1.807) is 12.1 Å². The fourth-order valence-corrected chi connectivity index (χ4v) is 3.27. The highest BCUT2D eigenvalue weighted by Gasteiger charge is 2.20. The van der Waals surface area contributed by atoms with Gasteiger partial charge < -0.3 is 20.3 Å². The topological polar surface area (TPSA) is 133 Å². The molecule has 3 N–H and O–H groups in total. The molecule has 0 spiro atoms. The van der Waals surface area contributed by atoms with E-state index in [2.05, 4.69) is 10.3 Å². The molecule has 0 aliphatic carbocycles. The van der Waals surface area contributed by atoms with Gasteiger partial charge in [0.05, 0.1) is 0 Å². The molecule has 1 heterocycles. The zero-order valence-electron chi connectivity index (χ0n) is 16.6. The standard InChI is InChI=1S/C22H19N3O5/c1-11-6-12(2)21(13(3)7-11)30-14-4-5-15-16(8-14)20(28)19(25-17(15)9-23)22(29)24-10-18(26)27/h4-8,28H,10H2,1-3H3,(H,24,29)(H,26,27). The SMILES string of the molecule is Cc1cc(C)c(Oc2ccc3c(C#N)nc(C(=O)NCC(=O)O)c(O)c3c2)c(C)c1. The number of benzene rings is 2. The first-order valence-corrected chi connectivity index (χ1v) is 9.03. The van der Waals surface area contributed by atoms with Crippen molar-refractivity contribution in [3.63, 3.8) is 0 Å². The lowest BCUT2D eigenvalue weighted by Crippen LogP contribution is -2.30. The molecule has 2 aromatic carbocycles. The largest absolute Gasteiger partial charge is 0.505 e. The maximum atomic E-state index is 12.2. The summed E-state index contributed by atoms with van der Waals surface area (Å²) < 4.78 is 6.02. The Morgan fingerprint density at radius 1 is 1.13 bits per heavy atom. The normalized spacial score (nSPS) is 10.5. The van der Waals surface area contributed by atoms with Crippen molar-refractivity contribution >= 4 is 22.6 Å². The van der Waals surface area contributed by atoms with Crippen LogP contribution in [0, 0.1) is 32.1 Å². The van der Waals surface area contributed by atoms with E-state index in [4.69, 9.17) is 9.84 Å². The van der Waals surface area contributed by atoms with Crippen LogP contribution in [0.4, 0.5) is 0 Å². The van der Waals surface area contributed by atoms with Crippen molar-refractivity contribution in [2.75, 3.05) is 6.54 Å². The van der Waals surface area contributed by atoms with Crippen LogP contribution in [0.5, 0.6) is 17.2 Å². The first kappa shape index (κ1) is 20.6. The van der Waals surface area contributed by atoms with Crippen molar-refractivity contribution < 1.29 is 24.5 Å². The van der Waals surface area contributed by atoms with Gasteiger partial charge in [0.2, 0.25) is 0 Å². The van der Waals surface area contributed by atoms with Crippen LogP contribution in [0.25, 0.3) is 10.8 Å². The molecule has 0 bridgehead atoms. The van der Waals surface area contributed by atoms with Crippen molar-refractivity contribution in [1.29, 1.82) is 5.26 Å². The minimum absolute atomic E-state index is 0.0717. The number of carboxylic acid groups (broad SMARTS) is 1. The van der Waals surface area contributed by atoms with E-state index >= 15 is 0 Å². The fraction of sp³-hybridized carbons (Fsp3) is 0.182. The van der Waals surface area contributed by atoms with E-state index in [0.717, 1.165) is 16.7 Å². The summed E-state index contributed by atoms with van der Waals surface area (Å²) in [5.74, 6) is -1.53. The number of carboxylic acids is 1. The van der Waals surface area contributed by atoms with Gasteiger partial charge in [0.1, 0.15) is 29.8 Å². The molecule has 1 aromatic heterocycles. The molecule has 30 heavy (non-hydrogen) atoms. The number of hydrogen-bond donors (Lipinski definition) is 3.